The maximum absolute atomic E-state index is 2.48. The van der Waals surface area contributed by atoms with Gasteiger partial charge in [0.05, 0.1) is 0 Å². The number of aryl methyl sites for hydroxylation is 1. The van der Waals surface area contributed by atoms with Crippen LogP contribution in [0.4, 0.5) is 34.1 Å². The molecule has 354 valence electrons. The zero-order chi connectivity index (χ0) is 48.7. The van der Waals surface area contributed by atoms with Gasteiger partial charge in [0.15, 0.2) is 0 Å². The van der Waals surface area contributed by atoms with Crippen molar-refractivity contribution >= 4 is 34.1 Å². The van der Waals surface area contributed by atoms with E-state index in [0.29, 0.717) is 5.41 Å². The Morgan fingerprint density at radius 1 is 0.288 bits per heavy atom. The van der Waals surface area contributed by atoms with E-state index in [2.05, 4.69) is 272 Å². The Balaban J connectivity index is 0.839. The van der Waals surface area contributed by atoms with Crippen LogP contribution in [0.15, 0.2) is 255 Å². The molecule has 0 heterocycles. The normalized spacial score (nSPS) is 18.6. The molecule has 4 saturated carbocycles. The molecule has 4 bridgehead atoms. The topological polar surface area (TPSA) is 6.48 Å². The molecule has 0 saturated heterocycles. The second-order valence-corrected chi connectivity index (χ2v) is 21.3. The van der Waals surface area contributed by atoms with Crippen LogP contribution in [0.5, 0.6) is 0 Å². The molecule has 0 aromatic heterocycles. The van der Waals surface area contributed by atoms with E-state index in [1.54, 1.807) is 5.56 Å². The first-order chi connectivity index (χ1) is 36.0. The monoisotopic (exact) mass is 940 g/mol. The van der Waals surface area contributed by atoms with E-state index in [4.69, 9.17) is 0 Å². The number of nitrogens with zero attached hydrogens (tertiary/aromatic N) is 2. The molecule has 14 rings (SSSR count). The molecule has 10 aromatic rings. The van der Waals surface area contributed by atoms with Gasteiger partial charge in [-0.1, -0.05) is 188 Å². The molecule has 0 unspecified atom stereocenters. The minimum absolute atomic E-state index is 0.368. The van der Waals surface area contributed by atoms with Crippen LogP contribution in [0.1, 0.15) is 49.7 Å². The first-order valence-corrected chi connectivity index (χ1v) is 26.5. The van der Waals surface area contributed by atoms with E-state index in [0.717, 1.165) is 46.2 Å². The Bertz CT molecular complexity index is 3440. The van der Waals surface area contributed by atoms with Crippen LogP contribution in [0, 0.1) is 24.7 Å². The molecular formula is C71H60N2. The maximum Gasteiger partial charge on any atom is 0.0468 e. The van der Waals surface area contributed by atoms with Crippen molar-refractivity contribution in [1.82, 2.24) is 0 Å². The van der Waals surface area contributed by atoms with Crippen LogP contribution in [0.25, 0.3) is 55.6 Å². The lowest BCUT2D eigenvalue weighted by molar-refractivity contribution is -0.00518. The molecule has 0 amide bonds. The van der Waals surface area contributed by atoms with E-state index in [-0.39, 0.29) is 0 Å². The Kier molecular flexibility index (Phi) is 11.7. The highest BCUT2D eigenvalue weighted by Crippen LogP contribution is 2.61. The minimum Gasteiger partial charge on any atom is -0.311 e. The molecule has 0 atom stereocenters. The summed E-state index contributed by atoms with van der Waals surface area (Å²) in [5.74, 6) is 2.77. The van der Waals surface area contributed by atoms with Crippen molar-refractivity contribution in [3.8, 4) is 55.6 Å². The Labute approximate surface area is 431 Å². The standard InChI is InChI=1S/C71H60N2/c1-50-17-19-55(20-18-50)57-23-31-63(32-24-57)72(67-39-29-62(30-40-67)71-47-51-43-52(48-71)45-53(44-51)49-71)64-33-25-58(26-34-64)59-27-37-66(38-28-59)73(65-35-21-56(22-36-65)54-11-5-2-6-12-54)68-41-42-69(60-13-7-3-8-14-60)70(46-68)61-15-9-4-10-16-61/h2-42,46,51-53H,43-45,47-49H2,1H3. The van der Waals surface area contributed by atoms with Gasteiger partial charge in [0, 0.05) is 34.1 Å². The summed E-state index contributed by atoms with van der Waals surface area (Å²) >= 11 is 0. The number of benzene rings is 10. The van der Waals surface area contributed by atoms with Crippen LogP contribution in [-0.4, -0.2) is 0 Å². The van der Waals surface area contributed by atoms with Gasteiger partial charge in [-0.15, -0.1) is 0 Å². The summed E-state index contributed by atoms with van der Waals surface area (Å²) in [4.78, 5) is 4.82. The van der Waals surface area contributed by atoms with E-state index >= 15 is 0 Å². The molecule has 73 heavy (non-hydrogen) atoms. The van der Waals surface area contributed by atoms with E-state index in [1.807, 2.05) is 0 Å². The summed E-state index contributed by atoms with van der Waals surface area (Å²) in [7, 11) is 0. The lowest BCUT2D eigenvalue weighted by Crippen LogP contribution is -2.48. The molecule has 4 fully saturated rings. The highest BCUT2D eigenvalue weighted by atomic mass is 15.1. The number of rotatable bonds is 12. The summed E-state index contributed by atoms with van der Waals surface area (Å²) in [6.45, 7) is 2.15. The fourth-order valence-electron chi connectivity index (χ4n) is 13.3. The van der Waals surface area contributed by atoms with Crippen molar-refractivity contribution < 1.29 is 0 Å². The summed E-state index contributed by atoms with van der Waals surface area (Å²) in [5, 5.41) is 0. The Morgan fingerprint density at radius 2 is 0.589 bits per heavy atom. The van der Waals surface area contributed by atoms with Crippen LogP contribution in [0.3, 0.4) is 0 Å². The highest BCUT2D eigenvalue weighted by molar-refractivity contribution is 5.90. The predicted molar refractivity (Wildman–Crippen MR) is 308 cm³/mol. The van der Waals surface area contributed by atoms with Gasteiger partial charge in [-0.05, 0) is 203 Å². The Hall–Kier alpha value is -8.20. The predicted octanol–water partition coefficient (Wildman–Crippen LogP) is 19.7. The second-order valence-electron chi connectivity index (χ2n) is 21.3. The van der Waals surface area contributed by atoms with Crippen molar-refractivity contribution in [2.75, 3.05) is 9.80 Å². The quantitative estimate of drug-likeness (QED) is 0.120. The van der Waals surface area contributed by atoms with Crippen molar-refractivity contribution in [2.45, 2.75) is 50.9 Å². The second kappa shape index (κ2) is 19.1. The van der Waals surface area contributed by atoms with Crippen molar-refractivity contribution in [2.24, 2.45) is 17.8 Å². The molecule has 0 spiro atoms. The SMILES string of the molecule is Cc1ccc(-c2ccc(N(c3ccc(-c4ccc(N(c5ccc(-c6ccccc6)cc5)c5ccc(-c6ccccc6)c(-c6ccccc6)c5)cc4)cc3)c3ccc(C45CC6CC(CC(C6)C4)C5)cc3)cc2)cc1. The molecule has 4 aliphatic rings. The van der Waals surface area contributed by atoms with E-state index in [1.165, 1.54) is 105 Å². The zero-order valence-electron chi connectivity index (χ0n) is 41.6. The molecule has 0 aliphatic heterocycles. The lowest BCUT2D eigenvalue weighted by Gasteiger charge is -2.57. The van der Waals surface area contributed by atoms with Crippen molar-refractivity contribution in [3.63, 3.8) is 0 Å². The zero-order valence-corrected chi connectivity index (χ0v) is 41.6. The van der Waals surface area contributed by atoms with Crippen LogP contribution >= 0.6 is 0 Å². The van der Waals surface area contributed by atoms with Crippen molar-refractivity contribution in [1.29, 1.82) is 0 Å². The van der Waals surface area contributed by atoms with E-state index < -0.39 is 0 Å². The summed E-state index contributed by atoms with van der Waals surface area (Å²) in [6, 6.07) is 94.0. The number of hydrogen-bond donors (Lipinski definition) is 0. The average molecular weight is 941 g/mol. The minimum atomic E-state index is 0.368. The Morgan fingerprint density at radius 3 is 0.986 bits per heavy atom. The molecule has 2 nitrogen and oxygen atoms in total. The third-order valence-corrected chi connectivity index (χ3v) is 16.5. The van der Waals surface area contributed by atoms with Gasteiger partial charge >= 0.3 is 0 Å². The van der Waals surface area contributed by atoms with Crippen molar-refractivity contribution in [3.05, 3.63) is 266 Å². The first kappa shape index (κ1) is 44.7. The number of hydrogen-bond acceptors (Lipinski definition) is 2. The van der Waals surface area contributed by atoms with E-state index in [9.17, 15) is 0 Å². The first-order valence-electron chi connectivity index (χ1n) is 26.5. The summed E-state index contributed by atoms with van der Waals surface area (Å²) in [5.41, 5.74) is 22.0. The van der Waals surface area contributed by atoms with Gasteiger partial charge < -0.3 is 9.80 Å². The van der Waals surface area contributed by atoms with Gasteiger partial charge in [-0.25, -0.2) is 0 Å². The molecule has 2 heteroatoms. The fraction of sp³-hybridized carbons (Fsp3) is 0.155. The average Bonchev–Trinajstić information content (AvgIpc) is 3.45. The molecule has 0 N–H and O–H groups in total. The molecule has 10 aromatic carbocycles. The molecule has 4 aliphatic carbocycles. The lowest BCUT2D eigenvalue weighted by atomic mass is 9.48. The fourth-order valence-corrected chi connectivity index (χ4v) is 13.3. The van der Waals surface area contributed by atoms with Gasteiger partial charge in [-0.3, -0.25) is 0 Å². The number of anilines is 6. The molecular weight excluding hydrogens is 881 g/mol. The smallest absolute Gasteiger partial charge is 0.0468 e. The molecule has 0 radical (unpaired) electrons. The van der Waals surface area contributed by atoms with Gasteiger partial charge in [0.2, 0.25) is 0 Å². The van der Waals surface area contributed by atoms with Crippen LogP contribution in [-0.2, 0) is 5.41 Å². The van der Waals surface area contributed by atoms with Gasteiger partial charge in [0.25, 0.3) is 0 Å². The third kappa shape index (κ3) is 8.86. The highest BCUT2D eigenvalue weighted by Gasteiger charge is 2.51. The summed E-state index contributed by atoms with van der Waals surface area (Å²) in [6.07, 6.45) is 8.52. The van der Waals surface area contributed by atoms with Gasteiger partial charge in [-0.2, -0.15) is 0 Å². The largest absolute Gasteiger partial charge is 0.311 e. The van der Waals surface area contributed by atoms with Gasteiger partial charge in [0.1, 0.15) is 0 Å². The third-order valence-electron chi connectivity index (χ3n) is 16.5. The van der Waals surface area contributed by atoms with Crippen LogP contribution < -0.4 is 9.80 Å². The maximum atomic E-state index is 2.48. The summed E-state index contributed by atoms with van der Waals surface area (Å²) < 4.78 is 0. The van der Waals surface area contributed by atoms with Crippen LogP contribution in [0.2, 0.25) is 0 Å².